The van der Waals surface area contributed by atoms with Crippen molar-refractivity contribution in [3.05, 3.63) is 0 Å². The largest absolute Gasteiger partial charge is 0.384 e. The van der Waals surface area contributed by atoms with Crippen LogP contribution in [0.3, 0.4) is 0 Å². The first kappa shape index (κ1) is 6.03. The molecule has 0 saturated carbocycles. The maximum atomic E-state index is 10.2. The Morgan fingerprint density at radius 3 is 2.56 bits per heavy atom. The molecule has 1 unspecified atom stereocenters. The summed E-state index contributed by atoms with van der Waals surface area (Å²) < 4.78 is 0. The van der Waals surface area contributed by atoms with Gasteiger partial charge in [-0.1, -0.05) is 0 Å². The molecule has 0 amide bonds. The second-order valence-electron chi connectivity index (χ2n) is 1.58. The molecular weight excluding hydrogens is 128 g/mol. The van der Waals surface area contributed by atoms with Crippen LogP contribution >= 0.6 is 0 Å². The van der Waals surface area contributed by atoms with Crippen molar-refractivity contribution >= 4 is 11.9 Å². The first-order valence-corrected chi connectivity index (χ1v) is 2.29. The van der Waals surface area contributed by atoms with Crippen LogP contribution in [-0.2, 0) is 19.4 Å². The summed E-state index contributed by atoms with van der Waals surface area (Å²) in [6.07, 6.45) is -1.68. The van der Waals surface area contributed by atoms with Crippen molar-refractivity contribution in [1.29, 1.82) is 0 Å². The summed E-state index contributed by atoms with van der Waals surface area (Å²) in [4.78, 5) is 27.9. The van der Waals surface area contributed by atoms with E-state index in [4.69, 9.17) is 5.11 Å². The van der Waals surface area contributed by atoms with Crippen LogP contribution < -0.4 is 0 Å². The maximum absolute atomic E-state index is 10.2. The maximum Gasteiger partial charge on any atom is 0.384 e. The molecular formula is C4H4O5. The molecule has 1 aliphatic rings. The molecule has 1 atom stereocenters. The van der Waals surface area contributed by atoms with Crippen LogP contribution in [0.15, 0.2) is 0 Å². The van der Waals surface area contributed by atoms with Gasteiger partial charge in [-0.25, -0.2) is 19.4 Å². The monoisotopic (exact) mass is 132 g/mol. The quantitative estimate of drug-likeness (QED) is 0.417. The molecule has 0 radical (unpaired) electrons. The minimum Gasteiger partial charge on any atom is -0.381 e. The highest BCUT2D eigenvalue weighted by Crippen LogP contribution is 2.04. The highest BCUT2D eigenvalue weighted by molar-refractivity contribution is 5.84. The molecule has 0 bridgehead atoms. The van der Waals surface area contributed by atoms with Gasteiger partial charge in [0.15, 0.2) is 6.10 Å². The summed E-state index contributed by atoms with van der Waals surface area (Å²) in [7, 11) is 0. The van der Waals surface area contributed by atoms with Gasteiger partial charge in [-0.2, -0.15) is 0 Å². The van der Waals surface area contributed by atoms with Gasteiger partial charge in [-0.05, 0) is 0 Å². The van der Waals surface area contributed by atoms with Crippen molar-refractivity contribution in [2.45, 2.75) is 12.5 Å². The average Bonchev–Trinajstić information content (AvgIpc) is 1.80. The number of hydrogen-bond acceptors (Lipinski definition) is 5. The molecule has 0 aromatic rings. The predicted octanol–water partition coefficient (Wildman–Crippen LogP) is -1.25. The Balaban J connectivity index is 2.54. The number of carbonyl (C=O) groups is 2. The summed E-state index contributed by atoms with van der Waals surface area (Å²) in [5.74, 6) is -1.66. The Hall–Kier alpha value is -1.10. The van der Waals surface area contributed by atoms with E-state index in [-0.39, 0.29) is 6.42 Å². The minimum absolute atomic E-state index is 0.321. The van der Waals surface area contributed by atoms with Gasteiger partial charge in [0.05, 0.1) is 6.42 Å². The second kappa shape index (κ2) is 2.02. The molecule has 0 aliphatic carbocycles. The zero-order valence-electron chi connectivity index (χ0n) is 4.36. The van der Waals surface area contributed by atoms with E-state index in [2.05, 4.69) is 9.78 Å². The Kier molecular flexibility index (Phi) is 1.35. The van der Waals surface area contributed by atoms with E-state index in [0.29, 0.717) is 0 Å². The van der Waals surface area contributed by atoms with Gasteiger partial charge < -0.3 is 5.11 Å². The lowest BCUT2D eigenvalue weighted by molar-refractivity contribution is -0.276. The number of rotatable bonds is 0. The zero-order chi connectivity index (χ0) is 6.85. The van der Waals surface area contributed by atoms with Crippen LogP contribution in [0.4, 0.5) is 0 Å². The predicted molar refractivity (Wildman–Crippen MR) is 22.8 cm³/mol. The molecule has 1 fully saturated rings. The highest BCUT2D eigenvalue weighted by atomic mass is 17.2. The Morgan fingerprint density at radius 2 is 2.11 bits per heavy atom. The lowest BCUT2D eigenvalue weighted by Crippen LogP contribution is -2.33. The van der Waals surface area contributed by atoms with Crippen LogP contribution in [-0.4, -0.2) is 23.1 Å². The van der Waals surface area contributed by atoms with E-state index >= 15 is 0 Å². The topological polar surface area (TPSA) is 72.8 Å². The molecule has 1 N–H and O–H groups in total. The first-order valence-electron chi connectivity index (χ1n) is 2.29. The van der Waals surface area contributed by atoms with Gasteiger partial charge in [0, 0.05) is 0 Å². The van der Waals surface area contributed by atoms with E-state index in [9.17, 15) is 9.59 Å². The lowest BCUT2D eigenvalue weighted by Gasteiger charge is -2.12. The lowest BCUT2D eigenvalue weighted by atomic mass is 10.2. The first-order chi connectivity index (χ1) is 4.20. The third-order valence-electron chi connectivity index (χ3n) is 0.849. The van der Waals surface area contributed by atoms with E-state index in [1.807, 2.05) is 0 Å². The molecule has 1 saturated heterocycles. The van der Waals surface area contributed by atoms with Gasteiger partial charge in [0.2, 0.25) is 0 Å². The fraction of sp³-hybridized carbons (Fsp3) is 0.500. The van der Waals surface area contributed by atoms with Gasteiger partial charge in [0.1, 0.15) is 0 Å². The van der Waals surface area contributed by atoms with E-state index < -0.39 is 18.0 Å². The minimum atomic E-state index is -1.36. The standard InChI is InChI=1S/C4H4O5/c5-2-1-3(6)8-9-4(2)7/h2,5H,1H2. The Bertz CT molecular complexity index is 151. The van der Waals surface area contributed by atoms with Gasteiger partial charge >= 0.3 is 11.9 Å². The van der Waals surface area contributed by atoms with Crippen LogP contribution in [0, 0.1) is 0 Å². The van der Waals surface area contributed by atoms with E-state index in [1.165, 1.54) is 0 Å². The molecule has 1 heterocycles. The van der Waals surface area contributed by atoms with Crippen LogP contribution in [0.2, 0.25) is 0 Å². The summed E-state index contributed by atoms with van der Waals surface area (Å²) in [5, 5.41) is 8.57. The SMILES string of the molecule is O=C1CC(O)C(=O)OO1. The van der Waals surface area contributed by atoms with Crippen molar-refractivity contribution in [2.24, 2.45) is 0 Å². The second-order valence-corrected chi connectivity index (χ2v) is 1.58. The molecule has 9 heavy (non-hydrogen) atoms. The Morgan fingerprint density at radius 1 is 1.44 bits per heavy atom. The van der Waals surface area contributed by atoms with Crippen LogP contribution in [0.5, 0.6) is 0 Å². The third-order valence-corrected chi connectivity index (χ3v) is 0.849. The van der Waals surface area contributed by atoms with Crippen LogP contribution in [0.1, 0.15) is 6.42 Å². The molecule has 0 aromatic carbocycles. The normalized spacial score (nSPS) is 27.0. The number of aliphatic hydroxyl groups is 1. The molecule has 1 rings (SSSR count). The number of aliphatic hydroxyl groups excluding tert-OH is 1. The number of carbonyl (C=O) groups excluding carboxylic acids is 2. The van der Waals surface area contributed by atoms with Crippen molar-refractivity contribution in [2.75, 3.05) is 0 Å². The smallest absolute Gasteiger partial charge is 0.381 e. The fourth-order valence-electron chi connectivity index (χ4n) is 0.418. The van der Waals surface area contributed by atoms with Gasteiger partial charge in [-0.15, -0.1) is 0 Å². The van der Waals surface area contributed by atoms with Crippen molar-refractivity contribution in [1.82, 2.24) is 0 Å². The van der Waals surface area contributed by atoms with E-state index in [0.717, 1.165) is 0 Å². The van der Waals surface area contributed by atoms with E-state index in [1.54, 1.807) is 0 Å². The Labute approximate surface area is 50.1 Å². The van der Waals surface area contributed by atoms with Gasteiger partial charge in [-0.3, -0.25) is 0 Å². The molecule has 0 aromatic heterocycles. The molecule has 0 spiro atoms. The summed E-state index contributed by atoms with van der Waals surface area (Å²) >= 11 is 0. The summed E-state index contributed by atoms with van der Waals surface area (Å²) in [6.45, 7) is 0. The zero-order valence-corrected chi connectivity index (χ0v) is 4.36. The van der Waals surface area contributed by atoms with Gasteiger partial charge in [0.25, 0.3) is 0 Å². The third kappa shape index (κ3) is 1.17. The number of hydrogen-bond donors (Lipinski definition) is 1. The molecule has 50 valence electrons. The van der Waals surface area contributed by atoms with Crippen molar-refractivity contribution in [3.8, 4) is 0 Å². The highest BCUT2D eigenvalue weighted by Gasteiger charge is 2.29. The van der Waals surface area contributed by atoms with Crippen LogP contribution in [0.25, 0.3) is 0 Å². The molecule has 1 aliphatic heterocycles. The molecule has 5 nitrogen and oxygen atoms in total. The molecule has 5 heteroatoms. The average molecular weight is 132 g/mol. The van der Waals surface area contributed by atoms with Crippen molar-refractivity contribution < 1.29 is 24.5 Å². The summed E-state index contributed by atoms with van der Waals surface area (Å²) in [5.41, 5.74) is 0. The fourth-order valence-corrected chi connectivity index (χ4v) is 0.418. The van der Waals surface area contributed by atoms with Crippen molar-refractivity contribution in [3.63, 3.8) is 0 Å². The summed E-state index contributed by atoms with van der Waals surface area (Å²) in [6, 6.07) is 0.